The van der Waals surface area contributed by atoms with Crippen LogP contribution in [0.5, 0.6) is 0 Å². The van der Waals surface area contributed by atoms with E-state index in [0.29, 0.717) is 11.5 Å². The minimum atomic E-state index is -0.143. The van der Waals surface area contributed by atoms with Crippen molar-refractivity contribution in [1.29, 1.82) is 0 Å². The van der Waals surface area contributed by atoms with Crippen LogP contribution in [-0.2, 0) is 6.54 Å². The topological polar surface area (TPSA) is 47.8 Å². The van der Waals surface area contributed by atoms with Crippen LogP contribution in [0.4, 0.5) is 0 Å². The molecule has 0 aliphatic carbocycles. The third-order valence-corrected chi connectivity index (χ3v) is 2.81. The number of hydrogen-bond donors (Lipinski definition) is 0. The van der Waals surface area contributed by atoms with Gasteiger partial charge < -0.3 is 4.57 Å². The molecule has 0 aliphatic heterocycles. The zero-order valence-electron chi connectivity index (χ0n) is 9.43. The van der Waals surface area contributed by atoms with Gasteiger partial charge in [0.2, 0.25) is 5.78 Å². The third kappa shape index (κ3) is 2.61. The van der Waals surface area contributed by atoms with Gasteiger partial charge in [-0.2, -0.15) is 0 Å². The average Bonchev–Trinajstić information content (AvgIpc) is 2.78. The van der Waals surface area contributed by atoms with E-state index in [2.05, 4.69) is 32.8 Å². The lowest BCUT2D eigenvalue weighted by Gasteiger charge is -2.04. The Morgan fingerprint density at radius 3 is 2.88 bits per heavy atom. The molecule has 17 heavy (non-hydrogen) atoms. The van der Waals surface area contributed by atoms with E-state index in [1.807, 2.05) is 10.8 Å². The largest absolute Gasteiger partial charge is 0.328 e. The van der Waals surface area contributed by atoms with Crippen molar-refractivity contribution < 1.29 is 4.79 Å². The molecule has 4 nitrogen and oxygen atoms in total. The van der Waals surface area contributed by atoms with Gasteiger partial charge in [0.05, 0.1) is 0 Å². The van der Waals surface area contributed by atoms with E-state index in [1.54, 1.807) is 24.5 Å². The van der Waals surface area contributed by atoms with Gasteiger partial charge in [-0.3, -0.25) is 9.78 Å². The van der Waals surface area contributed by atoms with Crippen LogP contribution >= 0.6 is 15.9 Å². The highest BCUT2D eigenvalue weighted by Crippen LogP contribution is 2.11. The number of halogens is 1. The first kappa shape index (κ1) is 12.0. The Morgan fingerprint density at radius 1 is 1.41 bits per heavy atom. The third-order valence-electron chi connectivity index (χ3n) is 2.34. The monoisotopic (exact) mass is 293 g/mol. The minimum Gasteiger partial charge on any atom is -0.328 e. The number of pyridine rings is 1. The maximum atomic E-state index is 12.2. The lowest BCUT2D eigenvalue weighted by Crippen LogP contribution is -2.12. The van der Waals surface area contributed by atoms with Gasteiger partial charge >= 0.3 is 0 Å². The fourth-order valence-corrected chi connectivity index (χ4v) is 1.80. The Kier molecular flexibility index (Phi) is 3.68. The van der Waals surface area contributed by atoms with Gasteiger partial charge in [0.15, 0.2) is 5.82 Å². The second-order valence-corrected chi connectivity index (χ2v) is 4.55. The molecule has 2 heterocycles. The maximum Gasteiger partial charge on any atom is 0.246 e. The molecule has 2 rings (SSSR count). The first-order valence-corrected chi connectivity index (χ1v) is 6.19. The Morgan fingerprint density at radius 2 is 2.24 bits per heavy atom. The van der Waals surface area contributed by atoms with Crippen LogP contribution in [0.25, 0.3) is 0 Å². The highest BCUT2D eigenvalue weighted by molar-refractivity contribution is 9.10. The van der Waals surface area contributed by atoms with Crippen molar-refractivity contribution in [3.05, 3.63) is 46.7 Å². The van der Waals surface area contributed by atoms with Gasteiger partial charge in [-0.15, -0.1) is 0 Å². The molecule has 88 valence electrons. The highest BCUT2D eigenvalue weighted by atomic mass is 79.9. The van der Waals surface area contributed by atoms with Crippen molar-refractivity contribution >= 4 is 21.7 Å². The standard InChI is InChI=1S/C12H12BrN3O/c1-2-6-16-7-5-14-12(16)11(17)10-4-3-9(13)8-15-10/h3-5,7-8H,2,6H2,1H3. The molecule has 0 aliphatic rings. The summed E-state index contributed by atoms with van der Waals surface area (Å²) in [6.45, 7) is 2.85. The first-order valence-electron chi connectivity index (χ1n) is 5.39. The first-order chi connectivity index (χ1) is 8.22. The molecular formula is C12H12BrN3O. The average molecular weight is 294 g/mol. The van der Waals surface area contributed by atoms with Crippen LogP contribution in [-0.4, -0.2) is 20.3 Å². The van der Waals surface area contributed by atoms with Crippen molar-refractivity contribution in [3.63, 3.8) is 0 Å². The summed E-state index contributed by atoms with van der Waals surface area (Å²) in [4.78, 5) is 20.3. The Bertz CT molecular complexity index is 519. The number of rotatable bonds is 4. The summed E-state index contributed by atoms with van der Waals surface area (Å²) >= 11 is 3.29. The molecule has 0 atom stereocenters. The summed E-state index contributed by atoms with van der Waals surface area (Å²) in [5.41, 5.74) is 0.414. The van der Waals surface area contributed by atoms with Gasteiger partial charge in [-0.05, 0) is 34.5 Å². The van der Waals surface area contributed by atoms with E-state index in [-0.39, 0.29) is 5.78 Å². The minimum absolute atomic E-state index is 0.143. The molecule has 2 aromatic heterocycles. The Balaban J connectivity index is 2.30. The van der Waals surface area contributed by atoms with E-state index in [4.69, 9.17) is 0 Å². The fourth-order valence-electron chi connectivity index (χ4n) is 1.56. The summed E-state index contributed by atoms with van der Waals surface area (Å²) in [5, 5.41) is 0. The van der Waals surface area contributed by atoms with Crippen LogP contribution in [0, 0.1) is 0 Å². The second kappa shape index (κ2) is 5.23. The highest BCUT2D eigenvalue weighted by Gasteiger charge is 2.15. The lowest BCUT2D eigenvalue weighted by molar-refractivity contribution is 0.102. The molecule has 0 saturated carbocycles. The van der Waals surface area contributed by atoms with Crippen LogP contribution in [0.2, 0.25) is 0 Å². The zero-order chi connectivity index (χ0) is 12.3. The van der Waals surface area contributed by atoms with E-state index in [0.717, 1.165) is 17.4 Å². The number of aromatic nitrogens is 3. The van der Waals surface area contributed by atoms with Crippen molar-refractivity contribution in [1.82, 2.24) is 14.5 Å². The molecule has 0 radical (unpaired) electrons. The quantitative estimate of drug-likeness (QED) is 0.815. The predicted octanol–water partition coefficient (Wildman–Crippen LogP) is 2.68. The lowest BCUT2D eigenvalue weighted by atomic mass is 10.2. The number of carbonyl (C=O) groups excluding carboxylic acids is 1. The molecule has 0 amide bonds. The van der Waals surface area contributed by atoms with Crippen molar-refractivity contribution in [2.75, 3.05) is 0 Å². The van der Waals surface area contributed by atoms with Crippen molar-refractivity contribution in [2.24, 2.45) is 0 Å². The van der Waals surface area contributed by atoms with Gasteiger partial charge in [0.25, 0.3) is 0 Å². The summed E-state index contributed by atoms with van der Waals surface area (Å²) in [6, 6.07) is 3.49. The molecule has 0 unspecified atom stereocenters. The summed E-state index contributed by atoms with van der Waals surface area (Å²) in [5.74, 6) is 0.303. The SMILES string of the molecule is CCCn1ccnc1C(=O)c1ccc(Br)cn1. The Hall–Kier alpha value is -1.49. The molecular weight excluding hydrogens is 282 g/mol. The predicted molar refractivity (Wildman–Crippen MR) is 67.9 cm³/mol. The van der Waals surface area contributed by atoms with E-state index >= 15 is 0 Å². The van der Waals surface area contributed by atoms with Crippen molar-refractivity contribution in [3.8, 4) is 0 Å². The van der Waals surface area contributed by atoms with Crippen LogP contribution < -0.4 is 0 Å². The molecule has 0 spiro atoms. The van der Waals surface area contributed by atoms with Crippen LogP contribution in [0.1, 0.15) is 29.7 Å². The van der Waals surface area contributed by atoms with Gasteiger partial charge in [-0.1, -0.05) is 6.92 Å². The van der Waals surface area contributed by atoms with Crippen LogP contribution in [0.3, 0.4) is 0 Å². The van der Waals surface area contributed by atoms with Crippen molar-refractivity contribution in [2.45, 2.75) is 19.9 Å². The summed E-state index contributed by atoms with van der Waals surface area (Å²) < 4.78 is 2.71. The molecule has 2 aromatic rings. The Labute approximate surface area is 108 Å². The second-order valence-electron chi connectivity index (χ2n) is 3.64. The number of ketones is 1. The molecule has 0 N–H and O–H groups in total. The smallest absolute Gasteiger partial charge is 0.246 e. The van der Waals surface area contributed by atoms with Gasteiger partial charge in [0, 0.05) is 29.6 Å². The molecule has 0 aromatic carbocycles. The van der Waals surface area contributed by atoms with E-state index in [1.165, 1.54) is 0 Å². The number of hydrogen-bond acceptors (Lipinski definition) is 3. The molecule has 0 bridgehead atoms. The number of imidazole rings is 1. The summed E-state index contributed by atoms with van der Waals surface area (Å²) in [7, 11) is 0. The summed E-state index contributed by atoms with van der Waals surface area (Å²) in [6.07, 6.45) is 6.03. The molecule has 0 saturated heterocycles. The molecule has 0 fully saturated rings. The number of nitrogens with zero attached hydrogens (tertiary/aromatic N) is 3. The van der Waals surface area contributed by atoms with E-state index < -0.39 is 0 Å². The zero-order valence-corrected chi connectivity index (χ0v) is 11.0. The number of aryl methyl sites for hydroxylation is 1. The van der Waals surface area contributed by atoms with Crippen LogP contribution in [0.15, 0.2) is 35.2 Å². The normalized spacial score (nSPS) is 10.5. The van der Waals surface area contributed by atoms with Gasteiger partial charge in [0.1, 0.15) is 5.69 Å². The number of carbonyl (C=O) groups is 1. The fraction of sp³-hybridized carbons (Fsp3) is 0.250. The van der Waals surface area contributed by atoms with Gasteiger partial charge in [-0.25, -0.2) is 4.98 Å². The maximum absolute atomic E-state index is 12.2. The molecule has 5 heteroatoms. The van der Waals surface area contributed by atoms with E-state index in [9.17, 15) is 4.79 Å².